The number of nitrogens with zero attached hydrogens (tertiary/aromatic N) is 5. The van der Waals surface area contributed by atoms with Crippen molar-refractivity contribution in [3.05, 3.63) is 42.7 Å². The zero-order valence-corrected chi connectivity index (χ0v) is 19.1. The third-order valence-corrected chi connectivity index (χ3v) is 5.14. The lowest BCUT2D eigenvalue weighted by Gasteiger charge is -2.32. The molecule has 9 nitrogen and oxygen atoms in total. The molecule has 0 unspecified atom stereocenters. The van der Waals surface area contributed by atoms with E-state index in [0.29, 0.717) is 36.6 Å². The zero-order chi connectivity index (χ0) is 21.8. The fraction of sp³-hybridized carbons (Fsp3) is 0.364. The Labute approximate surface area is 193 Å². The molecule has 1 amide bonds. The number of aliphatic hydroxyl groups excluding tert-OH is 1. The van der Waals surface area contributed by atoms with Gasteiger partial charge in [-0.2, -0.15) is 13.5 Å². The molecule has 1 aliphatic heterocycles. The minimum Gasteiger partial charge on any atom is -0.473 e. The van der Waals surface area contributed by atoms with E-state index in [4.69, 9.17) is 14.6 Å². The Bertz CT molecular complexity index is 1060. The van der Waals surface area contributed by atoms with Gasteiger partial charge in [-0.15, -0.1) is 0 Å². The largest absolute Gasteiger partial charge is 0.473 e. The third-order valence-electron chi connectivity index (χ3n) is 5.14. The summed E-state index contributed by atoms with van der Waals surface area (Å²) < 4.78 is 11.7. The fourth-order valence-electron chi connectivity index (χ4n) is 3.44. The molecule has 0 spiro atoms. The van der Waals surface area contributed by atoms with Crippen LogP contribution >= 0.6 is 13.5 Å². The number of anilines is 1. The molecule has 1 atom stereocenters. The number of amides is 1. The van der Waals surface area contributed by atoms with Crippen LogP contribution in [0.4, 0.5) is 5.69 Å². The van der Waals surface area contributed by atoms with Crippen LogP contribution in [0.5, 0.6) is 5.88 Å². The molecule has 0 aliphatic carbocycles. The van der Waals surface area contributed by atoms with Crippen molar-refractivity contribution in [2.75, 3.05) is 51.9 Å². The van der Waals surface area contributed by atoms with Crippen molar-refractivity contribution in [1.82, 2.24) is 19.9 Å². The van der Waals surface area contributed by atoms with Gasteiger partial charge in [-0.3, -0.25) is 9.78 Å². The number of aliphatic hydroxyl groups is 1. The van der Waals surface area contributed by atoms with Gasteiger partial charge in [0, 0.05) is 44.3 Å². The highest BCUT2D eigenvalue weighted by Gasteiger charge is 2.25. The highest BCUT2D eigenvalue weighted by atomic mass is 32.1. The maximum Gasteiger partial charge on any atom is 0.248 e. The summed E-state index contributed by atoms with van der Waals surface area (Å²) in [7, 11) is 3.99. The predicted molar refractivity (Wildman–Crippen MR) is 126 cm³/mol. The van der Waals surface area contributed by atoms with Crippen molar-refractivity contribution >= 4 is 36.1 Å². The molecule has 0 bridgehead atoms. The second-order valence-corrected chi connectivity index (χ2v) is 7.48. The number of rotatable bonds is 6. The van der Waals surface area contributed by atoms with Crippen LogP contribution < -0.4 is 9.64 Å². The number of morpholine rings is 1. The van der Waals surface area contributed by atoms with Gasteiger partial charge in [-0.1, -0.05) is 12.1 Å². The van der Waals surface area contributed by atoms with E-state index in [0.717, 1.165) is 16.9 Å². The van der Waals surface area contributed by atoms with Crippen LogP contribution in [-0.2, 0) is 9.53 Å². The van der Waals surface area contributed by atoms with Crippen molar-refractivity contribution in [2.45, 2.75) is 6.10 Å². The fourth-order valence-corrected chi connectivity index (χ4v) is 3.44. The van der Waals surface area contributed by atoms with E-state index >= 15 is 0 Å². The quantitative estimate of drug-likeness (QED) is 0.594. The third kappa shape index (κ3) is 5.26. The molecule has 1 saturated heterocycles. The Morgan fingerprint density at radius 1 is 1.25 bits per heavy atom. The summed E-state index contributed by atoms with van der Waals surface area (Å²) in [5.74, 6) is 0.0532. The van der Waals surface area contributed by atoms with Crippen molar-refractivity contribution in [3.63, 3.8) is 0 Å². The number of carbonyl (C=O) groups is 1. The second-order valence-electron chi connectivity index (χ2n) is 7.48. The molecule has 170 valence electrons. The molecule has 4 rings (SSSR count). The van der Waals surface area contributed by atoms with Crippen molar-refractivity contribution in [3.8, 4) is 17.1 Å². The number of ether oxygens (including phenoxy) is 2. The van der Waals surface area contributed by atoms with Crippen LogP contribution in [0.15, 0.2) is 42.7 Å². The number of benzene rings is 1. The van der Waals surface area contributed by atoms with Gasteiger partial charge in [-0.25, -0.2) is 9.97 Å². The molecule has 2 aromatic heterocycles. The molecule has 10 heteroatoms. The van der Waals surface area contributed by atoms with Crippen molar-refractivity contribution in [2.24, 2.45) is 0 Å². The number of carbonyl (C=O) groups excluding carboxylic acids is 1. The first-order valence-corrected chi connectivity index (χ1v) is 10.1. The molecule has 0 saturated carbocycles. The van der Waals surface area contributed by atoms with Crippen LogP contribution in [0.25, 0.3) is 22.3 Å². The molecule has 0 radical (unpaired) electrons. The van der Waals surface area contributed by atoms with Gasteiger partial charge in [0.2, 0.25) is 11.8 Å². The van der Waals surface area contributed by atoms with Gasteiger partial charge in [0.1, 0.15) is 19.3 Å². The summed E-state index contributed by atoms with van der Waals surface area (Å²) in [6, 6.07) is 9.96. The molecular formula is C22H27N5O4S. The normalized spacial score (nSPS) is 15.8. The highest BCUT2D eigenvalue weighted by Crippen LogP contribution is 2.28. The summed E-state index contributed by atoms with van der Waals surface area (Å²) in [6.45, 7) is 0.905. The van der Waals surface area contributed by atoms with Gasteiger partial charge >= 0.3 is 0 Å². The number of fused-ring (bicyclic) bond motifs is 1. The Hall–Kier alpha value is -2.95. The Kier molecular flexibility index (Phi) is 7.84. The molecule has 1 aliphatic rings. The minimum absolute atomic E-state index is 0. The standard InChI is InChI=1S/C22H25N5O4.H2S/c1-26(2)16-5-3-15(4-6-16)18-11-19-21(24-8-7-23-19)22(25-18)31-14-17-12-27(9-10-30-17)20(29)13-28;/h3-8,11,17,28H,9-10,12-14H2,1-2H3;1H2/t17-;/m0./s1. The number of hydrogen-bond acceptors (Lipinski definition) is 8. The SMILES string of the molecule is CN(C)c1ccc(-c2cc3nccnc3c(OC[C@@H]3CN(C(=O)CO)CCO3)n2)cc1.S. The van der Waals surface area contributed by atoms with Gasteiger partial charge < -0.3 is 24.4 Å². The summed E-state index contributed by atoms with van der Waals surface area (Å²) in [5.41, 5.74) is 4.01. The first-order chi connectivity index (χ1) is 15.0. The topological polar surface area (TPSA) is 101 Å². The lowest BCUT2D eigenvalue weighted by atomic mass is 10.1. The Morgan fingerprint density at radius 2 is 2.00 bits per heavy atom. The smallest absolute Gasteiger partial charge is 0.248 e. The highest BCUT2D eigenvalue weighted by molar-refractivity contribution is 7.59. The summed E-state index contributed by atoms with van der Waals surface area (Å²) in [4.78, 5) is 28.9. The number of aromatic nitrogens is 3. The maximum atomic E-state index is 11.8. The average molecular weight is 458 g/mol. The molecule has 3 heterocycles. The molecule has 32 heavy (non-hydrogen) atoms. The Balaban J connectivity index is 0.00000289. The van der Waals surface area contributed by atoms with E-state index in [1.54, 1.807) is 17.3 Å². The van der Waals surface area contributed by atoms with E-state index in [-0.39, 0.29) is 32.1 Å². The second kappa shape index (κ2) is 10.6. The first kappa shape index (κ1) is 23.7. The van der Waals surface area contributed by atoms with E-state index in [1.807, 2.05) is 49.3 Å². The first-order valence-electron chi connectivity index (χ1n) is 10.1. The summed E-state index contributed by atoms with van der Waals surface area (Å²) in [6.07, 6.45) is 2.91. The Morgan fingerprint density at radius 3 is 2.72 bits per heavy atom. The van der Waals surface area contributed by atoms with Crippen LogP contribution in [-0.4, -0.2) is 84.0 Å². The number of pyridine rings is 1. The van der Waals surface area contributed by atoms with Crippen LogP contribution in [0.3, 0.4) is 0 Å². The van der Waals surface area contributed by atoms with Crippen LogP contribution in [0, 0.1) is 0 Å². The molecule has 1 aromatic carbocycles. The van der Waals surface area contributed by atoms with E-state index in [1.165, 1.54) is 0 Å². The van der Waals surface area contributed by atoms with Crippen molar-refractivity contribution < 1.29 is 19.4 Å². The molecule has 1 fully saturated rings. The minimum atomic E-state index is -0.510. The molecule has 3 aromatic rings. The van der Waals surface area contributed by atoms with Crippen LogP contribution in [0.2, 0.25) is 0 Å². The monoisotopic (exact) mass is 457 g/mol. The zero-order valence-electron chi connectivity index (χ0n) is 18.1. The average Bonchev–Trinajstić information content (AvgIpc) is 2.82. The van der Waals surface area contributed by atoms with Crippen LogP contribution in [0.1, 0.15) is 0 Å². The predicted octanol–water partition coefficient (Wildman–Crippen LogP) is 1.47. The van der Waals surface area contributed by atoms with Gasteiger partial charge in [0.05, 0.1) is 24.4 Å². The number of hydrogen-bond donors (Lipinski definition) is 1. The summed E-state index contributed by atoms with van der Waals surface area (Å²) >= 11 is 0. The van der Waals surface area contributed by atoms with E-state index in [9.17, 15) is 4.79 Å². The van der Waals surface area contributed by atoms with Gasteiger partial charge in [0.15, 0.2) is 5.52 Å². The van der Waals surface area contributed by atoms with E-state index in [2.05, 4.69) is 15.0 Å². The molecule has 1 N–H and O–H groups in total. The van der Waals surface area contributed by atoms with Gasteiger partial charge in [-0.05, 0) is 18.2 Å². The van der Waals surface area contributed by atoms with E-state index < -0.39 is 6.61 Å². The lowest BCUT2D eigenvalue weighted by Crippen LogP contribution is -2.48. The van der Waals surface area contributed by atoms with Gasteiger partial charge in [0.25, 0.3) is 0 Å². The maximum absolute atomic E-state index is 11.8. The van der Waals surface area contributed by atoms with Crippen molar-refractivity contribution in [1.29, 1.82) is 0 Å². The summed E-state index contributed by atoms with van der Waals surface area (Å²) in [5, 5.41) is 9.09. The molecular weight excluding hydrogens is 430 g/mol. The lowest BCUT2D eigenvalue weighted by molar-refractivity contribution is -0.142.